The van der Waals surface area contributed by atoms with E-state index >= 15 is 0 Å². The number of piperazine rings is 1. The van der Waals surface area contributed by atoms with Crippen LogP contribution in [0.5, 0.6) is 0 Å². The lowest BCUT2D eigenvalue weighted by Gasteiger charge is -2.33. The molecule has 2 heterocycles. The monoisotopic (exact) mass is 393 g/mol. The van der Waals surface area contributed by atoms with Crippen LogP contribution in [0.15, 0.2) is 29.6 Å². The second kappa shape index (κ2) is 8.17. The summed E-state index contributed by atoms with van der Waals surface area (Å²) in [7, 11) is -3.07. The van der Waals surface area contributed by atoms with E-state index in [0.29, 0.717) is 19.0 Å². The van der Waals surface area contributed by atoms with Crippen LogP contribution >= 0.6 is 11.3 Å². The Kier molecular flexibility index (Phi) is 6.12. The third kappa shape index (κ3) is 4.52. The number of nitrogens with zero attached hydrogens (tertiary/aromatic N) is 3. The highest BCUT2D eigenvalue weighted by molar-refractivity contribution is 7.89. The minimum absolute atomic E-state index is 0.179. The van der Waals surface area contributed by atoms with Gasteiger partial charge in [-0.1, -0.05) is 38.1 Å². The molecule has 0 radical (unpaired) electrons. The van der Waals surface area contributed by atoms with E-state index in [0.717, 1.165) is 35.9 Å². The zero-order valence-electron chi connectivity index (χ0n) is 15.7. The predicted octanol–water partition coefficient (Wildman–Crippen LogP) is 3.40. The summed E-state index contributed by atoms with van der Waals surface area (Å²) in [5.74, 6) is 0.712. The highest BCUT2D eigenvalue weighted by Gasteiger charge is 2.25. The first-order chi connectivity index (χ1) is 12.4. The molecular weight excluding hydrogens is 366 g/mol. The summed E-state index contributed by atoms with van der Waals surface area (Å²) in [5.41, 5.74) is 3.56. The molecule has 0 bridgehead atoms. The number of thiazole rings is 1. The van der Waals surface area contributed by atoms with Crippen molar-refractivity contribution < 1.29 is 8.42 Å². The van der Waals surface area contributed by atoms with Crippen molar-refractivity contribution in [2.75, 3.05) is 31.9 Å². The summed E-state index contributed by atoms with van der Waals surface area (Å²) in [6.07, 6.45) is 0. The number of hydrogen-bond acceptors (Lipinski definition) is 5. The average molecular weight is 394 g/mol. The average Bonchev–Trinajstić information content (AvgIpc) is 3.11. The molecule has 7 heteroatoms. The molecule has 1 fully saturated rings. The maximum atomic E-state index is 11.9. The first-order valence-electron chi connectivity index (χ1n) is 9.14. The van der Waals surface area contributed by atoms with E-state index in [2.05, 4.69) is 48.4 Å². The maximum Gasteiger partial charge on any atom is 0.213 e. The van der Waals surface area contributed by atoms with E-state index in [1.165, 1.54) is 5.56 Å². The van der Waals surface area contributed by atoms with Gasteiger partial charge >= 0.3 is 0 Å². The number of benzene rings is 1. The van der Waals surface area contributed by atoms with Crippen LogP contribution in [0.25, 0.3) is 10.6 Å². The van der Waals surface area contributed by atoms with Crippen LogP contribution in [0.3, 0.4) is 0 Å². The van der Waals surface area contributed by atoms with Crippen molar-refractivity contribution in [3.8, 4) is 10.6 Å². The van der Waals surface area contributed by atoms with Gasteiger partial charge in [0.15, 0.2) is 0 Å². The lowest BCUT2D eigenvalue weighted by atomic mass is 10.0. The molecule has 2 aromatic rings. The Hall–Kier alpha value is -1.28. The van der Waals surface area contributed by atoms with Crippen molar-refractivity contribution in [3.63, 3.8) is 0 Å². The Labute approximate surface area is 160 Å². The third-order valence-electron chi connectivity index (χ3n) is 4.85. The minimum Gasteiger partial charge on any atom is -0.295 e. The first-order valence-corrected chi connectivity index (χ1v) is 11.6. The lowest BCUT2D eigenvalue weighted by Crippen LogP contribution is -2.48. The van der Waals surface area contributed by atoms with E-state index in [1.54, 1.807) is 22.6 Å². The summed E-state index contributed by atoms with van der Waals surface area (Å²) in [6, 6.07) is 8.64. The molecule has 1 aliphatic rings. The third-order valence-corrected chi connectivity index (χ3v) is 7.67. The van der Waals surface area contributed by atoms with Crippen LogP contribution in [-0.2, 0) is 16.6 Å². The van der Waals surface area contributed by atoms with Crippen LogP contribution in [0.2, 0.25) is 0 Å². The topological polar surface area (TPSA) is 53.5 Å². The molecule has 142 valence electrons. The Bertz CT molecular complexity index is 821. The fourth-order valence-electron chi connectivity index (χ4n) is 3.10. The zero-order valence-corrected chi connectivity index (χ0v) is 17.3. The van der Waals surface area contributed by atoms with Crippen molar-refractivity contribution in [2.24, 2.45) is 0 Å². The number of rotatable bonds is 6. The Morgan fingerprint density at radius 2 is 1.77 bits per heavy atom. The number of hydrogen-bond donors (Lipinski definition) is 0. The quantitative estimate of drug-likeness (QED) is 0.755. The number of sulfonamides is 1. The largest absolute Gasteiger partial charge is 0.295 e. The van der Waals surface area contributed by atoms with Crippen LogP contribution in [-0.4, -0.2) is 54.5 Å². The summed E-state index contributed by atoms with van der Waals surface area (Å²) < 4.78 is 25.5. The molecule has 1 aromatic carbocycles. The predicted molar refractivity (Wildman–Crippen MR) is 108 cm³/mol. The molecule has 0 saturated carbocycles. The van der Waals surface area contributed by atoms with Gasteiger partial charge in [-0.05, 0) is 18.4 Å². The molecule has 0 aliphatic carbocycles. The van der Waals surface area contributed by atoms with Crippen molar-refractivity contribution in [2.45, 2.75) is 33.2 Å². The molecule has 0 amide bonds. The van der Waals surface area contributed by atoms with Gasteiger partial charge in [0.25, 0.3) is 0 Å². The standard InChI is InChI=1S/C19H27N3O2S2/c1-4-26(23,24)22-11-9-21(10-12-22)13-18-14-25-19(20-18)17-7-5-16(6-8-17)15(2)3/h5-8,14-15H,4,9-13H2,1-3H3. The Morgan fingerprint density at radius 1 is 1.12 bits per heavy atom. The van der Waals surface area contributed by atoms with E-state index in [-0.39, 0.29) is 5.75 Å². The second-order valence-electron chi connectivity index (χ2n) is 7.00. The molecule has 0 unspecified atom stereocenters. The van der Waals surface area contributed by atoms with Crippen LogP contribution < -0.4 is 0 Å². The van der Waals surface area contributed by atoms with Gasteiger partial charge in [0.05, 0.1) is 11.4 Å². The molecule has 5 nitrogen and oxygen atoms in total. The van der Waals surface area contributed by atoms with Gasteiger partial charge in [-0.2, -0.15) is 4.31 Å². The molecule has 0 atom stereocenters. The van der Waals surface area contributed by atoms with Gasteiger partial charge in [-0.25, -0.2) is 13.4 Å². The smallest absolute Gasteiger partial charge is 0.213 e. The normalized spacial score (nSPS) is 17.1. The summed E-state index contributed by atoms with van der Waals surface area (Å²) in [4.78, 5) is 7.06. The van der Waals surface area contributed by atoms with Crippen molar-refractivity contribution in [3.05, 3.63) is 40.9 Å². The van der Waals surface area contributed by atoms with E-state index in [4.69, 9.17) is 4.98 Å². The van der Waals surface area contributed by atoms with Crippen molar-refractivity contribution in [1.29, 1.82) is 0 Å². The van der Waals surface area contributed by atoms with Gasteiger partial charge in [0, 0.05) is 43.7 Å². The summed E-state index contributed by atoms with van der Waals surface area (Å²) >= 11 is 1.67. The Morgan fingerprint density at radius 3 is 2.35 bits per heavy atom. The summed E-state index contributed by atoms with van der Waals surface area (Å²) in [6.45, 7) is 9.54. The SMILES string of the molecule is CCS(=O)(=O)N1CCN(Cc2csc(-c3ccc(C(C)C)cc3)n2)CC1. The summed E-state index contributed by atoms with van der Waals surface area (Å²) in [5, 5.41) is 3.16. The zero-order chi connectivity index (χ0) is 18.7. The van der Waals surface area contributed by atoms with Crippen LogP contribution in [0.1, 0.15) is 37.9 Å². The molecule has 3 rings (SSSR count). The molecule has 26 heavy (non-hydrogen) atoms. The van der Waals surface area contributed by atoms with Gasteiger partial charge in [-0.15, -0.1) is 11.3 Å². The molecule has 1 saturated heterocycles. The molecule has 0 spiro atoms. The number of aromatic nitrogens is 1. The second-order valence-corrected chi connectivity index (χ2v) is 10.1. The fraction of sp³-hybridized carbons (Fsp3) is 0.526. The Balaban J connectivity index is 1.59. The molecule has 1 aromatic heterocycles. The van der Waals surface area contributed by atoms with Gasteiger partial charge < -0.3 is 0 Å². The van der Waals surface area contributed by atoms with Gasteiger partial charge in [0.2, 0.25) is 10.0 Å². The highest BCUT2D eigenvalue weighted by Crippen LogP contribution is 2.26. The highest BCUT2D eigenvalue weighted by atomic mass is 32.2. The van der Waals surface area contributed by atoms with E-state index in [9.17, 15) is 8.42 Å². The minimum atomic E-state index is -3.07. The molecular formula is C19H27N3O2S2. The first kappa shape index (κ1) is 19.5. The van der Waals surface area contributed by atoms with E-state index < -0.39 is 10.0 Å². The van der Waals surface area contributed by atoms with Crippen LogP contribution in [0.4, 0.5) is 0 Å². The van der Waals surface area contributed by atoms with Gasteiger partial charge in [0.1, 0.15) is 5.01 Å². The van der Waals surface area contributed by atoms with E-state index in [1.807, 2.05) is 0 Å². The molecule has 0 N–H and O–H groups in total. The maximum absolute atomic E-state index is 11.9. The van der Waals surface area contributed by atoms with Gasteiger partial charge in [-0.3, -0.25) is 4.90 Å². The lowest BCUT2D eigenvalue weighted by molar-refractivity contribution is 0.180. The molecule has 1 aliphatic heterocycles. The fourth-order valence-corrected chi connectivity index (χ4v) is 5.00. The van der Waals surface area contributed by atoms with Crippen molar-refractivity contribution in [1.82, 2.24) is 14.2 Å². The van der Waals surface area contributed by atoms with Crippen LogP contribution in [0, 0.1) is 0 Å². The van der Waals surface area contributed by atoms with Crippen molar-refractivity contribution >= 4 is 21.4 Å².